The van der Waals surface area contributed by atoms with Crippen LogP contribution >= 0.6 is 12.2 Å². The molecule has 7 nitrogen and oxygen atoms in total. The largest absolute Gasteiger partial charge is 0.310 e. The van der Waals surface area contributed by atoms with E-state index in [1.54, 1.807) is 22.6 Å². The highest BCUT2D eigenvalue weighted by Crippen LogP contribution is 2.23. The molecule has 0 bridgehead atoms. The zero-order valence-corrected chi connectivity index (χ0v) is 15.1. The van der Waals surface area contributed by atoms with Gasteiger partial charge in [0.1, 0.15) is 18.0 Å². The minimum atomic E-state index is -4.21. The van der Waals surface area contributed by atoms with E-state index in [0.29, 0.717) is 24.5 Å². The van der Waals surface area contributed by atoms with Crippen molar-refractivity contribution in [3.05, 3.63) is 40.9 Å². The first kappa shape index (κ1) is 18.1. The Morgan fingerprint density at radius 2 is 1.76 bits per heavy atom. The van der Waals surface area contributed by atoms with Gasteiger partial charge >= 0.3 is 0 Å². The summed E-state index contributed by atoms with van der Waals surface area (Å²) in [5.74, 6) is -2.16. The summed E-state index contributed by atoms with van der Waals surface area (Å²) in [6.07, 6.45) is 1.60. The van der Waals surface area contributed by atoms with Crippen molar-refractivity contribution in [3.63, 3.8) is 0 Å². The Bertz CT molecular complexity index is 913. The third-order valence-corrected chi connectivity index (χ3v) is 6.52. The normalized spacial score (nSPS) is 17.1. The molecule has 1 aliphatic heterocycles. The van der Waals surface area contributed by atoms with Gasteiger partial charge in [-0.1, -0.05) is 6.07 Å². The van der Waals surface area contributed by atoms with Crippen LogP contribution in [0.3, 0.4) is 0 Å². The summed E-state index contributed by atoms with van der Waals surface area (Å²) in [5, 5.41) is 4.15. The Morgan fingerprint density at radius 1 is 1.16 bits per heavy atom. The number of benzene rings is 1. The number of halogens is 2. The van der Waals surface area contributed by atoms with Crippen molar-refractivity contribution in [1.82, 2.24) is 23.6 Å². The van der Waals surface area contributed by atoms with Crippen LogP contribution in [0.1, 0.15) is 0 Å². The Balaban J connectivity index is 1.71. The fourth-order valence-corrected chi connectivity index (χ4v) is 4.36. The molecule has 136 valence electrons. The average Bonchev–Trinajstić information content (AvgIpc) is 2.87. The Morgan fingerprint density at radius 3 is 2.28 bits per heavy atom. The predicted molar refractivity (Wildman–Crippen MR) is 88.7 cm³/mol. The molecule has 25 heavy (non-hydrogen) atoms. The van der Waals surface area contributed by atoms with E-state index in [9.17, 15) is 17.2 Å². The second-order valence-electron chi connectivity index (χ2n) is 5.74. The maximum Gasteiger partial charge on any atom is 0.249 e. The molecule has 1 saturated heterocycles. The third kappa shape index (κ3) is 3.50. The van der Waals surface area contributed by atoms with Crippen LogP contribution in [0.2, 0.25) is 0 Å². The van der Waals surface area contributed by atoms with Crippen molar-refractivity contribution < 1.29 is 17.2 Å². The second kappa shape index (κ2) is 6.90. The van der Waals surface area contributed by atoms with Crippen molar-refractivity contribution in [2.45, 2.75) is 11.6 Å². The fourth-order valence-electron chi connectivity index (χ4n) is 2.68. The summed E-state index contributed by atoms with van der Waals surface area (Å²) in [7, 11) is -2.42. The van der Waals surface area contributed by atoms with E-state index in [4.69, 9.17) is 12.2 Å². The molecule has 0 spiro atoms. The third-order valence-electron chi connectivity index (χ3n) is 4.07. The number of hydrogen-bond donors (Lipinski definition) is 0. The number of piperazine rings is 1. The van der Waals surface area contributed by atoms with Gasteiger partial charge in [-0.25, -0.2) is 21.9 Å². The summed E-state index contributed by atoms with van der Waals surface area (Å²) >= 11 is 5.22. The number of aryl methyl sites for hydroxylation is 1. The van der Waals surface area contributed by atoms with E-state index in [1.165, 1.54) is 0 Å². The first-order valence-corrected chi connectivity index (χ1v) is 9.40. The number of rotatable bonds is 4. The molecule has 11 heteroatoms. The highest BCUT2D eigenvalue weighted by Gasteiger charge is 2.33. The molecule has 1 aliphatic rings. The molecule has 0 N–H and O–H groups in total. The van der Waals surface area contributed by atoms with Crippen molar-refractivity contribution in [2.75, 3.05) is 26.2 Å². The molecule has 1 fully saturated rings. The molecule has 0 saturated carbocycles. The minimum absolute atomic E-state index is 0.135. The van der Waals surface area contributed by atoms with Crippen molar-refractivity contribution in [3.8, 4) is 0 Å². The van der Waals surface area contributed by atoms with Crippen LogP contribution in [0.4, 0.5) is 8.78 Å². The van der Waals surface area contributed by atoms with E-state index in [1.807, 2.05) is 4.90 Å². The SMILES string of the molecule is Cn1cnn(CN2CCN(S(=O)(=O)c3c(F)cccc3F)CC2)c1=S. The lowest BCUT2D eigenvalue weighted by atomic mass is 10.3. The van der Waals surface area contributed by atoms with Crippen LogP contribution < -0.4 is 0 Å². The molecule has 2 heterocycles. The molecular weight excluding hydrogens is 372 g/mol. The van der Waals surface area contributed by atoms with Crippen molar-refractivity contribution >= 4 is 22.2 Å². The molecule has 1 aromatic carbocycles. The van der Waals surface area contributed by atoms with Crippen molar-refractivity contribution in [1.29, 1.82) is 0 Å². The van der Waals surface area contributed by atoms with E-state index >= 15 is 0 Å². The lowest BCUT2D eigenvalue weighted by molar-refractivity contribution is 0.144. The van der Waals surface area contributed by atoms with E-state index < -0.39 is 26.6 Å². The van der Waals surface area contributed by atoms with Gasteiger partial charge in [-0.15, -0.1) is 0 Å². The molecule has 1 aromatic heterocycles. The first-order valence-electron chi connectivity index (χ1n) is 7.55. The quantitative estimate of drug-likeness (QED) is 0.736. The summed E-state index contributed by atoms with van der Waals surface area (Å²) in [4.78, 5) is 1.09. The van der Waals surface area contributed by atoms with Gasteiger partial charge in [-0.3, -0.25) is 4.90 Å². The van der Waals surface area contributed by atoms with Crippen LogP contribution in [-0.4, -0.2) is 58.1 Å². The maximum absolute atomic E-state index is 13.8. The molecule has 0 unspecified atom stereocenters. The Hall–Kier alpha value is -1.69. The summed E-state index contributed by atoms with van der Waals surface area (Å²) in [6, 6.07) is 3.02. The first-order chi connectivity index (χ1) is 11.8. The van der Waals surface area contributed by atoms with Gasteiger partial charge in [0.05, 0.1) is 6.67 Å². The van der Waals surface area contributed by atoms with Crippen LogP contribution in [-0.2, 0) is 23.7 Å². The van der Waals surface area contributed by atoms with Gasteiger partial charge < -0.3 is 4.57 Å². The minimum Gasteiger partial charge on any atom is -0.310 e. The smallest absolute Gasteiger partial charge is 0.249 e. The predicted octanol–water partition coefficient (Wildman–Crippen LogP) is 1.19. The van der Waals surface area contributed by atoms with Crippen molar-refractivity contribution in [2.24, 2.45) is 7.05 Å². The average molecular weight is 389 g/mol. The van der Waals surface area contributed by atoms with Crippen LogP contribution in [0, 0.1) is 16.4 Å². The monoisotopic (exact) mass is 389 g/mol. The lowest BCUT2D eigenvalue weighted by Crippen LogP contribution is -2.49. The van der Waals surface area contributed by atoms with Gasteiger partial charge in [-0.05, 0) is 24.4 Å². The molecule has 3 rings (SSSR count). The highest BCUT2D eigenvalue weighted by molar-refractivity contribution is 7.89. The van der Waals surface area contributed by atoms with Gasteiger partial charge in [0, 0.05) is 33.2 Å². The Kier molecular flexibility index (Phi) is 5.00. The van der Waals surface area contributed by atoms with Gasteiger partial charge in [0.15, 0.2) is 9.67 Å². The molecule has 0 amide bonds. The van der Waals surface area contributed by atoms with Gasteiger partial charge in [0.2, 0.25) is 10.0 Å². The van der Waals surface area contributed by atoms with Crippen LogP contribution in [0.25, 0.3) is 0 Å². The fraction of sp³-hybridized carbons (Fsp3) is 0.429. The van der Waals surface area contributed by atoms with Crippen LogP contribution in [0.5, 0.6) is 0 Å². The molecule has 2 aromatic rings. The standard InChI is InChI=1S/C14H17F2N5O2S2/c1-18-9-17-21(14(18)24)10-19-5-7-20(8-6-19)25(22,23)13-11(15)3-2-4-12(13)16/h2-4,9H,5-8,10H2,1H3. The highest BCUT2D eigenvalue weighted by atomic mass is 32.2. The number of hydrogen-bond acceptors (Lipinski definition) is 5. The van der Waals surface area contributed by atoms with E-state index in [-0.39, 0.29) is 13.1 Å². The molecule has 0 radical (unpaired) electrons. The number of nitrogens with zero attached hydrogens (tertiary/aromatic N) is 5. The topological polar surface area (TPSA) is 63.4 Å². The van der Waals surface area contributed by atoms with Gasteiger partial charge in [0.25, 0.3) is 0 Å². The maximum atomic E-state index is 13.8. The Labute approximate surface area is 149 Å². The van der Waals surface area contributed by atoms with Gasteiger partial charge in [-0.2, -0.15) is 9.40 Å². The molecular formula is C14H17F2N5O2S2. The summed E-state index contributed by atoms with van der Waals surface area (Å²) < 4.78 is 57.7. The van der Waals surface area contributed by atoms with Crippen LogP contribution in [0.15, 0.2) is 29.4 Å². The molecule has 0 atom stereocenters. The number of sulfonamides is 1. The zero-order valence-electron chi connectivity index (χ0n) is 13.5. The lowest BCUT2D eigenvalue weighted by Gasteiger charge is -2.33. The molecule has 0 aliphatic carbocycles. The van der Waals surface area contributed by atoms with E-state index in [0.717, 1.165) is 22.5 Å². The van der Waals surface area contributed by atoms with E-state index in [2.05, 4.69) is 5.10 Å². The zero-order chi connectivity index (χ0) is 18.2. The summed E-state index contributed by atoms with van der Waals surface area (Å²) in [6.45, 7) is 1.52. The summed E-state index contributed by atoms with van der Waals surface area (Å²) in [5.41, 5.74) is 0. The second-order valence-corrected chi connectivity index (χ2v) is 7.98. The number of aromatic nitrogens is 3.